The second-order valence-electron chi connectivity index (χ2n) is 4.80. The molecule has 0 fully saturated rings. The first-order valence-electron chi connectivity index (χ1n) is 6.92. The molecule has 23 heavy (non-hydrogen) atoms. The van der Waals surface area contributed by atoms with Gasteiger partial charge in [0.25, 0.3) is 0 Å². The van der Waals surface area contributed by atoms with Gasteiger partial charge in [-0.05, 0) is 18.2 Å². The molecule has 2 rings (SSSR count). The zero-order chi connectivity index (χ0) is 16.7. The summed E-state index contributed by atoms with van der Waals surface area (Å²) < 4.78 is 37.2. The molecule has 0 heterocycles. The summed E-state index contributed by atoms with van der Waals surface area (Å²) in [4.78, 5) is 0. The van der Waals surface area contributed by atoms with Crippen LogP contribution in [0.3, 0.4) is 0 Å². The Hall–Kier alpha value is -2.49. The monoisotopic (exact) mass is 319 g/mol. The van der Waals surface area contributed by atoms with Crippen LogP contribution in [-0.2, 0) is 11.3 Å². The highest BCUT2D eigenvalue weighted by atomic mass is 19.1. The molecular weight excluding hydrogens is 304 g/mol. The van der Waals surface area contributed by atoms with Gasteiger partial charge in [0.2, 0.25) is 0 Å². The minimum Gasteiger partial charge on any atom is -0.489 e. The van der Waals surface area contributed by atoms with E-state index < -0.39 is 11.9 Å². The van der Waals surface area contributed by atoms with Crippen LogP contribution in [0, 0.1) is 23.0 Å². The third-order valence-corrected chi connectivity index (χ3v) is 3.04. The van der Waals surface area contributed by atoms with Gasteiger partial charge in [-0.1, -0.05) is 24.3 Å². The Bertz CT molecular complexity index is 700. The van der Waals surface area contributed by atoms with E-state index in [1.165, 1.54) is 18.2 Å². The molecule has 0 unspecified atom stereocenters. The maximum Gasteiger partial charge on any atom is 0.144 e. The molecule has 1 N–H and O–H groups in total. The van der Waals surface area contributed by atoms with E-state index in [0.29, 0.717) is 5.56 Å². The van der Waals surface area contributed by atoms with E-state index in [4.69, 9.17) is 14.7 Å². The lowest BCUT2D eigenvalue weighted by Crippen LogP contribution is -2.23. The fourth-order valence-corrected chi connectivity index (χ4v) is 1.89. The first-order chi connectivity index (χ1) is 11.1. The summed E-state index contributed by atoms with van der Waals surface area (Å²) in [6.45, 7) is -0.228. The Morgan fingerprint density at radius 2 is 1.78 bits per heavy atom. The van der Waals surface area contributed by atoms with Gasteiger partial charge in [0, 0.05) is 5.56 Å². The smallest absolute Gasteiger partial charge is 0.144 e. The lowest BCUT2D eigenvalue weighted by molar-refractivity contribution is 0.00466. The van der Waals surface area contributed by atoms with Crippen LogP contribution >= 0.6 is 0 Å². The van der Waals surface area contributed by atoms with Gasteiger partial charge >= 0.3 is 0 Å². The number of rotatable bonds is 7. The lowest BCUT2D eigenvalue weighted by Gasteiger charge is -2.14. The highest BCUT2D eigenvalue weighted by Gasteiger charge is 2.12. The van der Waals surface area contributed by atoms with Gasteiger partial charge in [-0.15, -0.1) is 0 Å². The zero-order valence-electron chi connectivity index (χ0n) is 12.2. The fraction of sp³-hybridized carbons (Fsp3) is 0.235. The third-order valence-electron chi connectivity index (χ3n) is 3.04. The number of nitrogens with zero attached hydrogens (tertiary/aromatic N) is 1. The quantitative estimate of drug-likeness (QED) is 0.852. The SMILES string of the molecule is N#Cc1c(F)cccc1OC[C@H](O)COCc1ccccc1F. The molecule has 120 valence electrons. The van der Waals surface area contributed by atoms with Crippen LogP contribution in [0.1, 0.15) is 11.1 Å². The summed E-state index contributed by atoms with van der Waals surface area (Å²) in [6.07, 6.45) is -0.989. The number of hydrogen-bond donors (Lipinski definition) is 1. The molecule has 0 radical (unpaired) electrons. The highest BCUT2D eigenvalue weighted by Crippen LogP contribution is 2.20. The summed E-state index contributed by atoms with van der Waals surface area (Å²) in [7, 11) is 0. The van der Waals surface area contributed by atoms with Crippen molar-refractivity contribution in [3.63, 3.8) is 0 Å². The van der Waals surface area contributed by atoms with Gasteiger partial charge in [-0.3, -0.25) is 0 Å². The van der Waals surface area contributed by atoms with Crippen LogP contribution in [0.2, 0.25) is 0 Å². The molecule has 2 aromatic carbocycles. The van der Waals surface area contributed by atoms with Crippen LogP contribution in [0.15, 0.2) is 42.5 Å². The molecule has 1 atom stereocenters. The summed E-state index contributed by atoms with van der Waals surface area (Å²) in [5, 5.41) is 18.6. The van der Waals surface area contributed by atoms with E-state index >= 15 is 0 Å². The number of aliphatic hydroxyl groups is 1. The highest BCUT2D eigenvalue weighted by molar-refractivity contribution is 5.43. The molecule has 0 bridgehead atoms. The maximum atomic E-state index is 13.4. The molecule has 0 saturated carbocycles. The lowest BCUT2D eigenvalue weighted by atomic mass is 10.2. The van der Waals surface area contributed by atoms with Gasteiger partial charge in [0.1, 0.15) is 41.7 Å². The molecule has 0 spiro atoms. The second kappa shape index (κ2) is 8.22. The average molecular weight is 319 g/mol. The molecule has 0 aromatic heterocycles. The molecule has 2 aromatic rings. The van der Waals surface area contributed by atoms with Crippen LogP contribution in [0.4, 0.5) is 8.78 Å². The van der Waals surface area contributed by atoms with Crippen molar-refractivity contribution in [3.05, 3.63) is 65.2 Å². The predicted octanol–water partition coefficient (Wildman–Crippen LogP) is 2.79. The van der Waals surface area contributed by atoms with Crippen molar-refractivity contribution in [3.8, 4) is 11.8 Å². The van der Waals surface area contributed by atoms with Gasteiger partial charge in [0.15, 0.2) is 0 Å². The summed E-state index contributed by atoms with van der Waals surface area (Å²) in [5.41, 5.74) is 0.171. The Balaban J connectivity index is 1.80. The minimum atomic E-state index is -0.989. The zero-order valence-corrected chi connectivity index (χ0v) is 12.2. The maximum absolute atomic E-state index is 13.4. The molecule has 0 aliphatic heterocycles. The Labute approximate surface area is 132 Å². The van der Waals surface area contributed by atoms with Crippen molar-refractivity contribution in [2.45, 2.75) is 12.7 Å². The van der Waals surface area contributed by atoms with E-state index in [1.807, 2.05) is 0 Å². The molecule has 6 heteroatoms. The molecule has 0 saturated heterocycles. The van der Waals surface area contributed by atoms with E-state index in [9.17, 15) is 13.9 Å². The van der Waals surface area contributed by atoms with Gasteiger partial charge in [-0.2, -0.15) is 5.26 Å². The standard InChI is InChI=1S/C17H15F2NO3/c18-15-5-2-1-4-12(15)9-22-10-13(21)11-23-17-7-3-6-16(19)14(17)8-20/h1-7,13,21H,9-11H2/t13-/m1/s1. The van der Waals surface area contributed by atoms with E-state index in [-0.39, 0.29) is 37.0 Å². The van der Waals surface area contributed by atoms with Crippen molar-refractivity contribution in [2.24, 2.45) is 0 Å². The summed E-state index contributed by atoms with van der Waals surface area (Å²) in [5.74, 6) is -1.01. The summed E-state index contributed by atoms with van der Waals surface area (Å²) >= 11 is 0. The molecule has 4 nitrogen and oxygen atoms in total. The fourth-order valence-electron chi connectivity index (χ4n) is 1.89. The van der Waals surface area contributed by atoms with E-state index in [0.717, 1.165) is 6.07 Å². The normalized spacial score (nSPS) is 11.7. The molecule has 0 aliphatic rings. The van der Waals surface area contributed by atoms with Crippen molar-refractivity contribution in [2.75, 3.05) is 13.2 Å². The van der Waals surface area contributed by atoms with Gasteiger partial charge in [0.05, 0.1) is 13.2 Å². The minimum absolute atomic E-state index is 0.0210. The summed E-state index contributed by atoms with van der Waals surface area (Å²) in [6, 6.07) is 11.9. The molecule has 0 aliphatic carbocycles. The van der Waals surface area contributed by atoms with Crippen molar-refractivity contribution >= 4 is 0 Å². The van der Waals surface area contributed by atoms with Crippen molar-refractivity contribution in [1.29, 1.82) is 5.26 Å². The number of benzene rings is 2. The van der Waals surface area contributed by atoms with Gasteiger partial charge in [-0.25, -0.2) is 8.78 Å². The average Bonchev–Trinajstić information content (AvgIpc) is 2.55. The Kier molecular flexibility index (Phi) is 6.03. The molecular formula is C17H15F2NO3. The van der Waals surface area contributed by atoms with Crippen LogP contribution < -0.4 is 4.74 Å². The van der Waals surface area contributed by atoms with E-state index in [2.05, 4.69) is 0 Å². The first kappa shape index (κ1) is 16.9. The van der Waals surface area contributed by atoms with Gasteiger partial charge < -0.3 is 14.6 Å². The van der Waals surface area contributed by atoms with Crippen LogP contribution in [-0.4, -0.2) is 24.4 Å². The largest absolute Gasteiger partial charge is 0.489 e. The van der Waals surface area contributed by atoms with Crippen molar-refractivity contribution in [1.82, 2.24) is 0 Å². The second-order valence-corrected chi connectivity index (χ2v) is 4.80. The van der Waals surface area contributed by atoms with Crippen LogP contribution in [0.25, 0.3) is 0 Å². The number of hydrogen-bond acceptors (Lipinski definition) is 4. The number of ether oxygens (including phenoxy) is 2. The topological polar surface area (TPSA) is 62.5 Å². The van der Waals surface area contributed by atoms with E-state index in [1.54, 1.807) is 24.3 Å². The van der Waals surface area contributed by atoms with Crippen molar-refractivity contribution < 1.29 is 23.4 Å². The Morgan fingerprint density at radius 3 is 2.52 bits per heavy atom. The third kappa shape index (κ3) is 4.74. The number of aliphatic hydroxyl groups excluding tert-OH is 1. The number of nitriles is 1. The predicted molar refractivity (Wildman–Crippen MR) is 78.7 cm³/mol. The Morgan fingerprint density at radius 1 is 1.04 bits per heavy atom. The number of halogens is 2. The molecule has 0 amide bonds. The first-order valence-corrected chi connectivity index (χ1v) is 6.92. The van der Waals surface area contributed by atoms with Crippen LogP contribution in [0.5, 0.6) is 5.75 Å².